The molecule has 1 atom stereocenters. The lowest BCUT2D eigenvalue weighted by molar-refractivity contribution is 0.414. The van der Waals surface area contributed by atoms with Crippen LogP contribution < -0.4 is 14.8 Å². The van der Waals surface area contributed by atoms with Crippen LogP contribution in [0.1, 0.15) is 29.9 Å². The monoisotopic (exact) mass is 509 g/mol. The first-order valence-corrected chi connectivity index (χ1v) is 9.96. The normalized spacial score (nSPS) is 16.3. The van der Waals surface area contributed by atoms with E-state index < -0.39 is 0 Å². The quantitative estimate of drug-likeness (QED) is 0.262. The fraction of sp³-hybridized carbons (Fsp3) is 0.435. The maximum atomic E-state index is 5.26. The molecule has 3 rings (SSSR count). The molecule has 2 aromatic rings. The lowest BCUT2D eigenvalue weighted by Crippen LogP contribution is -2.40. The van der Waals surface area contributed by atoms with E-state index in [-0.39, 0.29) is 24.0 Å². The van der Waals surface area contributed by atoms with Crippen LogP contribution in [0.5, 0.6) is 11.5 Å². The van der Waals surface area contributed by atoms with Gasteiger partial charge in [-0.25, -0.2) is 0 Å². The third kappa shape index (κ3) is 6.52. The molecule has 1 aliphatic heterocycles. The number of halogens is 1. The van der Waals surface area contributed by atoms with Crippen molar-refractivity contribution in [1.29, 1.82) is 0 Å². The van der Waals surface area contributed by atoms with Crippen molar-refractivity contribution in [3.8, 4) is 11.5 Å². The number of hydrogen-bond donors (Lipinski definition) is 1. The van der Waals surface area contributed by atoms with Gasteiger partial charge in [0.1, 0.15) is 11.5 Å². The molecule has 1 fully saturated rings. The van der Waals surface area contributed by atoms with Crippen LogP contribution in [0.2, 0.25) is 0 Å². The summed E-state index contributed by atoms with van der Waals surface area (Å²) in [6.07, 6.45) is 3.27. The average molecular weight is 509 g/mol. The zero-order valence-electron chi connectivity index (χ0n) is 17.6. The number of guanidine groups is 1. The molecule has 1 N–H and O–H groups in total. The molecule has 1 heterocycles. The van der Waals surface area contributed by atoms with E-state index >= 15 is 0 Å². The molecule has 2 aromatic carbocycles. The van der Waals surface area contributed by atoms with E-state index in [4.69, 9.17) is 9.47 Å². The number of nitrogens with one attached hydrogen (secondary N) is 1. The Balaban J connectivity index is 0.00000300. The van der Waals surface area contributed by atoms with Gasteiger partial charge in [-0.1, -0.05) is 24.3 Å². The van der Waals surface area contributed by atoms with E-state index in [0.29, 0.717) is 5.92 Å². The summed E-state index contributed by atoms with van der Waals surface area (Å²) < 4.78 is 10.5. The second kappa shape index (κ2) is 11.9. The zero-order valence-corrected chi connectivity index (χ0v) is 19.9. The highest BCUT2D eigenvalue weighted by Crippen LogP contribution is 2.28. The number of hydrogen-bond acceptors (Lipinski definition) is 3. The van der Waals surface area contributed by atoms with Crippen molar-refractivity contribution in [3.05, 3.63) is 59.7 Å². The highest BCUT2D eigenvalue weighted by molar-refractivity contribution is 14.0. The molecule has 5 nitrogen and oxygen atoms in total. The standard InChI is InChI=1S/C23H31N3O2.HI/c1-24-23(25-15-4-5-18-6-10-21(27-2)11-7-18)26-16-14-20(17-26)19-8-12-22(28-3)13-9-19;/h6-13,20H,4-5,14-17H2,1-3H3,(H,24,25);1H. The smallest absolute Gasteiger partial charge is 0.193 e. The van der Waals surface area contributed by atoms with Crippen molar-refractivity contribution in [2.45, 2.75) is 25.2 Å². The fourth-order valence-corrected chi connectivity index (χ4v) is 3.72. The highest BCUT2D eigenvalue weighted by Gasteiger charge is 2.25. The van der Waals surface area contributed by atoms with Gasteiger partial charge >= 0.3 is 0 Å². The van der Waals surface area contributed by atoms with E-state index in [1.807, 2.05) is 31.3 Å². The zero-order chi connectivity index (χ0) is 19.8. The topological polar surface area (TPSA) is 46.1 Å². The van der Waals surface area contributed by atoms with Crippen molar-refractivity contribution < 1.29 is 9.47 Å². The van der Waals surface area contributed by atoms with Crippen molar-refractivity contribution in [2.75, 3.05) is 40.9 Å². The van der Waals surface area contributed by atoms with Gasteiger partial charge in [-0.05, 0) is 54.7 Å². The van der Waals surface area contributed by atoms with Crippen LogP contribution in [0.15, 0.2) is 53.5 Å². The fourth-order valence-electron chi connectivity index (χ4n) is 3.72. The van der Waals surface area contributed by atoms with E-state index in [0.717, 1.165) is 56.4 Å². The van der Waals surface area contributed by atoms with Crippen LogP contribution in [0.25, 0.3) is 0 Å². The molecular weight excluding hydrogens is 477 g/mol. The largest absolute Gasteiger partial charge is 0.497 e. The number of likely N-dealkylation sites (tertiary alicyclic amines) is 1. The molecule has 1 aliphatic rings. The van der Waals surface area contributed by atoms with Gasteiger partial charge in [0, 0.05) is 32.6 Å². The molecule has 0 saturated carbocycles. The summed E-state index contributed by atoms with van der Waals surface area (Å²) in [7, 11) is 5.27. The Bertz CT molecular complexity index is 763. The van der Waals surface area contributed by atoms with Crippen molar-refractivity contribution >= 4 is 29.9 Å². The summed E-state index contributed by atoms with van der Waals surface area (Å²) in [6, 6.07) is 16.8. The predicted octanol–water partition coefficient (Wildman–Crippen LogP) is 4.32. The van der Waals surface area contributed by atoms with Gasteiger partial charge in [0.2, 0.25) is 0 Å². The number of nitrogens with zero attached hydrogens (tertiary/aromatic N) is 2. The Hall–Kier alpha value is -1.96. The van der Waals surface area contributed by atoms with Crippen molar-refractivity contribution in [1.82, 2.24) is 10.2 Å². The number of ether oxygens (including phenoxy) is 2. The molecule has 0 spiro atoms. The summed E-state index contributed by atoms with van der Waals surface area (Å²) in [6.45, 7) is 2.96. The number of methoxy groups -OCH3 is 2. The van der Waals surface area contributed by atoms with Gasteiger partial charge in [0.05, 0.1) is 14.2 Å². The van der Waals surface area contributed by atoms with E-state index in [2.05, 4.69) is 39.5 Å². The molecule has 1 saturated heterocycles. The molecule has 0 bridgehead atoms. The Morgan fingerprint density at radius 2 is 1.66 bits per heavy atom. The van der Waals surface area contributed by atoms with Gasteiger partial charge in [0.15, 0.2) is 5.96 Å². The van der Waals surface area contributed by atoms with Gasteiger partial charge in [-0.2, -0.15) is 0 Å². The Morgan fingerprint density at radius 3 is 2.24 bits per heavy atom. The summed E-state index contributed by atoms with van der Waals surface area (Å²) in [5.41, 5.74) is 2.71. The molecule has 0 aliphatic carbocycles. The average Bonchev–Trinajstić information content (AvgIpc) is 3.24. The van der Waals surface area contributed by atoms with Gasteiger partial charge < -0.3 is 19.7 Å². The Morgan fingerprint density at radius 1 is 1.03 bits per heavy atom. The highest BCUT2D eigenvalue weighted by atomic mass is 127. The summed E-state index contributed by atoms with van der Waals surface area (Å²) in [5.74, 6) is 3.37. The van der Waals surface area contributed by atoms with Crippen LogP contribution in [-0.2, 0) is 6.42 Å². The minimum atomic E-state index is 0. The lowest BCUT2D eigenvalue weighted by Gasteiger charge is -2.22. The Labute approximate surface area is 191 Å². The van der Waals surface area contributed by atoms with E-state index in [9.17, 15) is 0 Å². The molecular formula is C23H32IN3O2. The van der Waals surface area contributed by atoms with Gasteiger partial charge in [0.25, 0.3) is 0 Å². The molecule has 1 unspecified atom stereocenters. The summed E-state index contributed by atoms with van der Waals surface area (Å²) in [4.78, 5) is 6.85. The second-order valence-electron chi connectivity index (χ2n) is 7.13. The SMILES string of the molecule is CN=C(NCCCc1ccc(OC)cc1)N1CCC(c2ccc(OC)cc2)C1.I. The minimum absolute atomic E-state index is 0. The van der Waals surface area contributed by atoms with E-state index in [1.165, 1.54) is 11.1 Å². The van der Waals surface area contributed by atoms with Crippen LogP contribution in [-0.4, -0.2) is 51.8 Å². The first kappa shape index (κ1) is 23.3. The molecule has 6 heteroatoms. The second-order valence-corrected chi connectivity index (χ2v) is 7.13. The van der Waals surface area contributed by atoms with Crippen LogP contribution in [0, 0.1) is 0 Å². The third-order valence-electron chi connectivity index (χ3n) is 5.37. The minimum Gasteiger partial charge on any atom is -0.497 e. The van der Waals surface area contributed by atoms with Crippen LogP contribution in [0.4, 0.5) is 0 Å². The number of aliphatic imine (C=N–C) groups is 1. The van der Waals surface area contributed by atoms with Crippen molar-refractivity contribution in [3.63, 3.8) is 0 Å². The lowest BCUT2D eigenvalue weighted by atomic mass is 9.98. The van der Waals surface area contributed by atoms with E-state index in [1.54, 1.807) is 14.2 Å². The molecule has 0 amide bonds. The van der Waals surface area contributed by atoms with Crippen LogP contribution in [0.3, 0.4) is 0 Å². The van der Waals surface area contributed by atoms with Crippen molar-refractivity contribution in [2.24, 2.45) is 4.99 Å². The third-order valence-corrected chi connectivity index (χ3v) is 5.37. The maximum absolute atomic E-state index is 5.26. The Kier molecular flexibility index (Phi) is 9.57. The number of benzene rings is 2. The molecule has 0 radical (unpaired) electrons. The molecule has 0 aromatic heterocycles. The maximum Gasteiger partial charge on any atom is 0.193 e. The summed E-state index contributed by atoms with van der Waals surface area (Å²) in [5, 5.41) is 3.53. The molecule has 29 heavy (non-hydrogen) atoms. The molecule has 158 valence electrons. The first-order valence-electron chi connectivity index (χ1n) is 9.96. The summed E-state index contributed by atoms with van der Waals surface area (Å²) >= 11 is 0. The number of aryl methyl sites for hydroxylation is 1. The van der Waals surface area contributed by atoms with Gasteiger partial charge in [-0.15, -0.1) is 24.0 Å². The first-order chi connectivity index (χ1) is 13.7. The predicted molar refractivity (Wildman–Crippen MR) is 130 cm³/mol. The van der Waals surface area contributed by atoms with Crippen LogP contribution >= 0.6 is 24.0 Å². The number of rotatable bonds is 7. The van der Waals surface area contributed by atoms with Gasteiger partial charge in [-0.3, -0.25) is 4.99 Å².